The van der Waals surface area contributed by atoms with Crippen LogP contribution in [0.4, 0.5) is 5.00 Å². The SMILES string of the molecule is CSc1nsc(N/N=C/c2cc(Br)cc(Br)c2O)c1C#N. The van der Waals surface area contributed by atoms with Crippen molar-refractivity contribution in [3.8, 4) is 11.8 Å². The molecular formula is C12H8Br2N4OS2. The molecule has 1 aromatic carbocycles. The van der Waals surface area contributed by atoms with E-state index in [0.717, 1.165) is 4.47 Å². The van der Waals surface area contributed by atoms with E-state index in [9.17, 15) is 5.11 Å². The third-order valence-electron chi connectivity index (χ3n) is 2.39. The van der Waals surface area contributed by atoms with Crippen LogP contribution in [0.15, 0.2) is 31.2 Å². The molecule has 0 saturated heterocycles. The van der Waals surface area contributed by atoms with Crippen molar-refractivity contribution in [3.63, 3.8) is 0 Å². The quantitative estimate of drug-likeness (QED) is 0.412. The summed E-state index contributed by atoms with van der Waals surface area (Å²) in [6.45, 7) is 0. The van der Waals surface area contributed by atoms with Crippen molar-refractivity contribution in [1.29, 1.82) is 5.26 Å². The highest BCUT2D eigenvalue weighted by molar-refractivity contribution is 9.11. The molecular weight excluding hydrogens is 440 g/mol. The van der Waals surface area contributed by atoms with E-state index >= 15 is 0 Å². The number of hydrogen-bond acceptors (Lipinski definition) is 7. The van der Waals surface area contributed by atoms with Crippen LogP contribution in [-0.4, -0.2) is 22.0 Å². The van der Waals surface area contributed by atoms with Crippen LogP contribution in [0.3, 0.4) is 0 Å². The number of phenolic OH excluding ortho intramolecular Hbond substituents is 1. The van der Waals surface area contributed by atoms with Gasteiger partial charge in [-0.3, -0.25) is 5.43 Å². The highest BCUT2D eigenvalue weighted by atomic mass is 79.9. The van der Waals surface area contributed by atoms with Crippen molar-refractivity contribution in [1.82, 2.24) is 4.37 Å². The first kappa shape index (κ1) is 16.3. The molecule has 0 saturated carbocycles. The summed E-state index contributed by atoms with van der Waals surface area (Å²) in [7, 11) is 0. The molecule has 1 heterocycles. The fourth-order valence-corrected chi connectivity index (χ4v) is 4.11. The number of anilines is 1. The van der Waals surface area contributed by atoms with Crippen LogP contribution < -0.4 is 5.43 Å². The lowest BCUT2D eigenvalue weighted by atomic mass is 10.2. The van der Waals surface area contributed by atoms with E-state index < -0.39 is 0 Å². The van der Waals surface area contributed by atoms with E-state index in [2.05, 4.69) is 52.8 Å². The second-order valence-electron chi connectivity index (χ2n) is 3.70. The van der Waals surface area contributed by atoms with Crippen LogP contribution >= 0.6 is 55.2 Å². The van der Waals surface area contributed by atoms with Crippen molar-refractivity contribution in [2.75, 3.05) is 11.7 Å². The number of thioether (sulfide) groups is 1. The molecule has 0 spiro atoms. The minimum atomic E-state index is 0.0957. The van der Waals surface area contributed by atoms with Gasteiger partial charge in [0.15, 0.2) is 0 Å². The first-order valence-corrected chi connectivity index (χ1v) is 9.06. The van der Waals surface area contributed by atoms with Gasteiger partial charge in [0.1, 0.15) is 27.4 Å². The predicted octanol–water partition coefficient (Wildman–Crippen LogP) is 4.41. The summed E-state index contributed by atoms with van der Waals surface area (Å²) in [5.41, 5.74) is 3.80. The Morgan fingerprint density at radius 3 is 2.95 bits per heavy atom. The van der Waals surface area contributed by atoms with Crippen LogP contribution in [0, 0.1) is 11.3 Å². The highest BCUT2D eigenvalue weighted by Gasteiger charge is 2.12. The molecule has 0 fully saturated rings. The first-order valence-electron chi connectivity index (χ1n) is 5.47. The van der Waals surface area contributed by atoms with E-state index in [0.29, 0.717) is 25.6 Å². The predicted molar refractivity (Wildman–Crippen MR) is 93.3 cm³/mol. The standard InChI is InChI=1S/C12H8Br2N4OS2/c1-20-12-8(4-15)11(21-18-12)17-16-5-6-2-7(13)3-9(14)10(6)19/h2-3,5,17,19H,1H3/b16-5+. The molecule has 0 aliphatic rings. The van der Waals surface area contributed by atoms with E-state index in [1.807, 2.05) is 6.26 Å². The molecule has 2 rings (SSSR count). The van der Waals surface area contributed by atoms with Gasteiger partial charge in [-0.25, -0.2) is 0 Å². The maximum atomic E-state index is 9.91. The Bertz CT molecular complexity index is 740. The van der Waals surface area contributed by atoms with E-state index in [1.54, 1.807) is 12.1 Å². The summed E-state index contributed by atoms with van der Waals surface area (Å²) in [6.07, 6.45) is 3.34. The maximum Gasteiger partial charge on any atom is 0.148 e. The molecule has 21 heavy (non-hydrogen) atoms. The lowest BCUT2D eigenvalue weighted by Gasteiger charge is -2.02. The van der Waals surface area contributed by atoms with Gasteiger partial charge in [0.05, 0.1) is 10.7 Å². The van der Waals surface area contributed by atoms with Gasteiger partial charge in [-0.1, -0.05) is 15.9 Å². The third-order valence-corrected chi connectivity index (χ3v) is 5.01. The first-order chi connectivity index (χ1) is 10.1. The van der Waals surface area contributed by atoms with Crippen LogP contribution in [0.5, 0.6) is 5.75 Å². The van der Waals surface area contributed by atoms with Gasteiger partial charge in [-0.15, -0.1) is 11.8 Å². The second-order valence-corrected chi connectivity index (χ2v) is 7.04. The fraction of sp³-hybridized carbons (Fsp3) is 0.0833. The summed E-state index contributed by atoms with van der Waals surface area (Å²) in [6, 6.07) is 5.57. The minimum Gasteiger partial charge on any atom is -0.506 e. The summed E-state index contributed by atoms with van der Waals surface area (Å²) in [5, 5.41) is 24.3. The zero-order valence-electron chi connectivity index (χ0n) is 10.6. The maximum absolute atomic E-state index is 9.91. The molecule has 2 aromatic rings. The van der Waals surface area contributed by atoms with Crippen molar-refractivity contribution in [3.05, 3.63) is 32.2 Å². The number of nitriles is 1. The molecule has 0 atom stereocenters. The topological polar surface area (TPSA) is 81.3 Å². The molecule has 0 amide bonds. The lowest BCUT2D eigenvalue weighted by Crippen LogP contribution is -1.91. The van der Waals surface area contributed by atoms with E-state index in [-0.39, 0.29) is 5.75 Å². The number of aromatic hydroxyl groups is 1. The summed E-state index contributed by atoms with van der Waals surface area (Å²) in [4.78, 5) is 0. The lowest BCUT2D eigenvalue weighted by molar-refractivity contribution is 0.471. The molecule has 2 N–H and O–H groups in total. The molecule has 9 heteroatoms. The van der Waals surface area contributed by atoms with Crippen LogP contribution in [-0.2, 0) is 0 Å². The molecule has 0 aliphatic carbocycles. The van der Waals surface area contributed by atoms with Gasteiger partial charge >= 0.3 is 0 Å². The van der Waals surface area contributed by atoms with Crippen LogP contribution in [0.2, 0.25) is 0 Å². The second kappa shape index (κ2) is 7.26. The molecule has 0 bridgehead atoms. The number of benzene rings is 1. The molecule has 108 valence electrons. The number of hydrogen-bond donors (Lipinski definition) is 2. The van der Waals surface area contributed by atoms with Crippen molar-refractivity contribution < 1.29 is 5.11 Å². The third kappa shape index (κ3) is 3.77. The molecule has 5 nitrogen and oxygen atoms in total. The Balaban J connectivity index is 2.21. The number of nitrogens with zero attached hydrogens (tertiary/aromatic N) is 3. The van der Waals surface area contributed by atoms with Gasteiger partial charge in [0.2, 0.25) is 0 Å². The minimum absolute atomic E-state index is 0.0957. The van der Waals surface area contributed by atoms with Gasteiger partial charge in [0, 0.05) is 10.0 Å². The Kier molecular flexibility index (Phi) is 5.64. The van der Waals surface area contributed by atoms with Crippen molar-refractivity contribution in [2.24, 2.45) is 5.10 Å². The highest BCUT2D eigenvalue weighted by Crippen LogP contribution is 2.31. The zero-order chi connectivity index (χ0) is 15.4. The molecule has 0 unspecified atom stereocenters. The number of rotatable bonds is 4. The van der Waals surface area contributed by atoms with Gasteiger partial charge < -0.3 is 5.11 Å². The Labute approximate surface area is 146 Å². The summed E-state index contributed by atoms with van der Waals surface area (Å²) >= 11 is 9.18. The largest absolute Gasteiger partial charge is 0.506 e. The average Bonchev–Trinajstić information content (AvgIpc) is 2.86. The average molecular weight is 448 g/mol. The summed E-state index contributed by atoms with van der Waals surface area (Å²) in [5.74, 6) is 0.0957. The Morgan fingerprint density at radius 2 is 2.29 bits per heavy atom. The number of phenols is 1. The monoisotopic (exact) mass is 446 g/mol. The van der Waals surface area contributed by atoms with Gasteiger partial charge in [-0.05, 0) is 45.9 Å². The number of halogens is 2. The number of aromatic nitrogens is 1. The molecule has 0 radical (unpaired) electrons. The zero-order valence-corrected chi connectivity index (χ0v) is 15.4. The Hall–Kier alpha value is -1.08. The fourth-order valence-electron chi connectivity index (χ4n) is 1.43. The van der Waals surface area contributed by atoms with E-state index in [4.69, 9.17) is 5.26 Å². The number of nitrogens with one attached hydrogen (secondary N) is 1. The molecule has 0 aliphatic heterocycles. The Morgan fingerprint density at radius 1 is 1.52 bits per heavy atom. The van der Waals surface area contributed by atoms with Gasteiger partial charge in [-0.2, -0.15) is 14.7 Å². The van der Waals surface area contributed by atoms with Crippen LogP contribution in [0.1, 0.15) is 11.1 Å². The van der Waals surface area contributed by atoms with Crippen molar-refractivity contribution in [2.45, 2.75) is 5.03 Å². The number of hydrazone groups is 1. The van der Waals surface area contributed by atoms with Crippen LogP contribution in [0.25, 0.3) is 0 Å². The smallest absolute Gasteiger partial charge is 0.148 e. The van der Waals surface area contributed by atoms with Gasteiger partial charge in [0.25, 0.3) is 0 Å². The van der Waals surface area contributed by atoms with E-state index in [1.165, 1.54) is 29.5 Å². The molecule has 1 aromatic heterocycles. The van der Waals surface area contributed by atoms with Crippen molar-refractivity contribution >= 4 is 66.4 Å². The normalized spacial score (nSPS) is 10.8. The summed E-state index contributed by atoms with van der Waals surface area (Å²) < 4.78 is 5.54.